The molecule has 0 spiro atoms. The van der Waals surface area contributed by atoms with Gasteiger partial charge in [-0.1, -0.05) is 6.92 Å². The topological polar surface area (TPSA) is 70.5 Å². The molecule has 108 valence electrons. The Morgan fingerprint density at radius 2 is 2.19 bits per heavy atom. The fourth-order valence-electron chi connectivity index (χ4n) is 2.80. The number of fused-ring (bicyclic) bond motifs is 1. The predicted molar refractivity (Wildman–Crippen MR) is 79.5 cm³/mol. The molecule has 0 radical (unpaired) electrons. The summed E-state index contributed by atoms with van der Waals surface area (Å²) in [4.78, 5) is 29.5. The summed E-state index contributed by atoms with van der Waals surface area (Å²) < 4.78 is 0. The standard InChI is InChI=1S/C16H16N2O3/c1-10-3-2-8-18(15(10)19)11-4-5-14-13(9-11)12(16(20)21)6-7-17-14/h4-7,9-10H,2-3,8H2,1H3,(H,20,21)/t10-/m1/s1. The Hall–Kier alpha value is -2.43. The van der Waals surface area contributed by atoms with Gasteiger partial charge in [0.1, 0.15) is 0 Å². The zero-order valence-corrected chi connectivity index (χ0v) is 11.7. The van der Waals surface area contributed by atoms with Gasteiger partial charge in [-0.3, -0.25) is 9.78 Å². The number of pyridine rings is 1. The second kappa shape index (κ2) is 5.16. The molecule has 1 aromatic carbocycles. The molecule has 2 heterocycles. The Morgan fingerprint density at radius 3 is 2.95 bits per heavy atom. The molecule has 0 aliphatic carbocycles. The van der Waals surface area contributed by atoms with Crippen LogP contribution in [-0.4, -0.2) is 28.5 Å². The van der Waals surface area contributed by atoms with E-state index in [2.05, 4.69) is 4.98 Å². The minimum Gasteiger partial charge on any atom is -0.478 e. The molecular weight excluding hydrogens is 268 g/mol. The summed E-state index contributed by atoms with van der Waals surface area (Å²) >= 11 is 0. The largest absolute Gasteiger partial charge is 0.478 e. The van der Waals surface area contributed by atoms with E-state index in [1.54, 1.807) is 17.0 Å². The first-order valence-electron chi connectivity index (χ1n) is 7.01. The van der Waals surface area contributed by atoms with Crippen LogP contribution in [0.3, 0.4) is 0 Å². The molecule has 1 aliphatic rings. The van der Waals surface area contributed by atoms with Crippen molar-refractivity contribution < 1.29 is 14.7 Å². The fourth-order valence-corrected chi connectivity index (χ4v) is 2.80. The minimum atomic E-state index is -0.988. The lowest BCUT2D eigenvalue weighted by molar-refractivity contribution is -0.123. The van der Waals surface area contributed by atoms with Gasteiger partial charge in [0.2, 0.25) is 5.91 Å². The number of hydrogen-bond acceptors (Lipinski definition) is 3. The van der Waals surface area contributed by atoms with Crippen LogP contribution < -0.4 is 4.90 Å². The van der Waals surface area contributed by atoms with E-state index in [0.29, 0.717) is 17.4 Å². The molecule has 1 atom stereocenters. The summed E-state index contributed by atoms with van der Waals surface area (Å²) in [5.74, 6) is -0.874. The lowest BCUT2D eigenvalue weighted by Crippen LogP contribution is -2.40. The van der Waals surface area contributed by atoms with Crippen LogP contribution in [0.1, 0.15) is 30.1 Å². The number of carboxylic acids is 1. The molecule has 0 bridgehead atoms. The van der Waals surface area contributed by atoms with Crippen molar-refractivity contribution in [3.63, 3.8) is 0 Å². The fraction of sp³-hybridized carbons (Fsp3) is 0.312. The van der Waals surface area contributed by atoms with Gasteiger partial charge in [0, 0.05) is 29.7 Å². The van der Waals surface area contributed by atoms with E-state index in [1.807, 2.05) is 13.0 Å². The molecule has 1 aromatic heterocycles. The lowest BCUT2D eigenvalue weighted by Gasteiger charge is -2.30. The highest BCUT2D eigenvalue weighted by Crippen LogP contribution is 2.28. The third-order valence-electron chi connectivity index (χ3n) is 3.97. The molecule has 1 saturated heterocycles. The van der Waals surface area contributed by atoms with Gasteiger partial charge in [-0.05, 0) is 37.1 Å². The molecular formula is C16H16N2O3. The van der Waals surface area contributed by atoms with Gasteiger partial charge in [-0.15, -0.1) is 0 Å². The van der Waals surface area contributed by atoms with Crippen LogP contribution in [0.15, 0.2) is 30.5 Å². The highest BCUT2D eigenvalue weighted by molar-refractivity contribution is 6.04. The predicted octanol–water partition coefficient (Wildman–Crippen LogP) is 2.70. The first-order valence-corrected chi connectivity index (χ1v) is 7.01. The van der Waals surface area contributed by atoms with Crippen molar-refractivity contribution in [2.45, 2.75) is 19.8 Å². The van der Waals surface area contributed by atoms with E-state index >= 15 is 0 Å². The number of rotatable bonds is 2. The quantitative estimate of drug-likeness (QED) is 0.920. The minimum absolute atomic E-state index is 0.0160. The van der Waals surface area contributed by atoms with E-state index in [9.17, 15) is 14.7 Å². The summed E-state index contributed by atoms with van der Waals surface area (Å²) in [5.41, 5.74) is 1.57. The molecule has 0 saturated carbocycles. The average molecular weight is 284 g/mol. The number of carbonyl (C=O) groups is 2. The van der Waals surface area contributed by atoms with E-state index < -0.39 is 5.97 Å². The second-order valence-corrected chi connectivity index (χ2v) is 5.40. The number of piperidine rings is 1. The zero-order valence-electron chi connectivity index (χ0n) is 11.7. The molecule has 1 aliphatic heterocycles. The van der Waals surface area contributed by atoms with Crippen LogP contribution in [0, 0.1) is 5.92 Å². The van der Waals surface area contributed by atoms with Gasteiger partial charge >= 0.3 is 5.97 Å². The summed E-state index contributed by atoms with van der Waals surface area (Å²) in [6, 6.07) is 6.83. The smallest absolute Gasteiger partial charge is 0.336 e. The Balaban J connectivity index is 2.10. The van der Waals surface area contributed by atoms with Crippen molar-refractivity contribution in [2.75, 3.05) is 11.4 Å². The van der Waals surface area contributed by atoms with Crippen molar-refractivity contribution in [3.8, 4) is 0 Å². The first kappa shape index (κ1) is 13.5. The third-order valence-corrected chi connectivity index (χ3v) is 3.97. The highest BCUT2D eigenvalue weighted by Gasteiger charge is 2.26. The van der Waals surface area contributed by atoms with Gasteiger partial charge in [0.25, 0.3) is 0 Å². The van der Waals surface area contributed by atoms with Crippen LogP contribution in [0.25, 0.3) is 10.9 Å². The molecule has 2 aromatic rings. The summed E-state index contributed by atoms with van der Waals surface area (Å²) in [6.45, 7) is 2.61. The maximum Gasteiger partial charge on any atom is 0.336 e. The average Bonchev–Trinajstić information content (AvgIpc) is 2.48. The Bertz CT molecular complexity index is 727. The van der Waals surface area contributed by atoms with Crippen LogP contribution in [0.4, 0.5) is 5.69 Å². The van der Waals surface area contributed by atoms with Crippen molar-refractivity contribution in [1.29, 1.82) is 0 Å². The number of carbonyl (C=O) groups excluding carboxylic acids is 1. The molecule has 0 unspecified atom stereocenters. The maximum atomic E-state index is 12.3. The molecule has 3 rings (SSSR count). The van der Waals surface area contributed by atoms with Crippen molar-refractivity contribution in [1.82, 2.24) is 4.98 Å². The number of nitrogens with zero attached hydrogens (tertiary/aromatic N) is 2. The first-order chi connectivity index (χ1) is 10.1. The SMILES string of the molecule is C[C@@H]1CCCN(c2ccc3nccc(C(=O)O)c3c2)C1=O. The molecule has 21 heavy (non-hydrogen) atoms. The van der Waals surface area contributed by atoms with E-state index in [0.717, 1.165) is 18.5 Å². The Kier molecular flexibility index (Phi) is 3.33. The van der Waals surface area contributed by atoms with Crippen LogP contribution in [-0.2, 0) is 4.79 Å². The normalized spacial score (nSPS) is 19.0. The van der Waals surface area contributed by atoms with Crippen molar-refractivity contribution in [3.05, 3.63) is 36.0 Å². The summed E-state index contributed by atoms with van der Waals surface area (Å²) in [7, 11) is 0. The molecule has 5 nitrogen and oxygen atoms in total. The number of aromatic nitrogens is 1. The number of benzene rings is 1. The van der Waals surface area contributed by atoms with Gasteiger partial charge < -0.3 is 10.0 Å². The third kappa shape index (κ3) is 2.35. The van der Waals surface area contributed by atoms with Gasteiger partial charge in [0.15, 0.2) is 0 Å². The van der Waals surface area contributed by atoms with Crippen molar-refractivity contribution in [2.24, 2.45) is 5.92 Å². The summed E-state index contributed by atoms with van der Waals surface area (Å²) in [6.07, 6.45) is 3.36. The number of anilines is 1. The number of amides is 1. The highest BCUT2D eigenvalue weighted by atomic mass is 16.4. The lowest BCUT2D eigenvalue weighted by atomic mass is 9.98. The van der Waals surface area contributed by atoms with Crippen LogP contribution in [0.5, 0.6) is 0 Å². The second-order valence-electron chi connectivity index (χ2n) is 5.40. The monoisotopic (exact) mass is 284 g/mol. The van der Waals surface area contributed by atoms with E-state index in [4.69, 9.17) is 0 Å². The van der Waals surface area contributed by atoms with Gasteiger partial charge in [0.05, 0.1) is 11.1 Å². The maximum absolute atomic E-state index is 12.3. The Labute approximate surface area is 122 Å². The molecule has 1 amide bonds. The summed E-state index contributed by atoms with van der Waals surface area (Å²) in [5, 5.41) is 9.83. The van der Waals surface area contributed by atoms with Gasteiger partial charge in [-0.2, -0.15) is 0 Å². The van der Waals surface area contributed by atoms with E-state index in [-0.39, 0.29) is 17.4 Å². The molecule has 1 N–H and O–H groups in total. The molecule has 5 heteroatoms. The number of aromatic carboxylic acids is 1. The van der Waals surface area contributed by atoms with Crippen LogP contribution in [0.2, 0.25) is 0 Å². The van der Waals surface area contributed by atoms with Crippen LogP contribution >= 0.6 is 0 Å². The number of carboxylic acid groups (broad SMARTS) is 1. The molecule has 1 fully saturated rings. The van der Waals surface area contributed by atoms with Gasteiger partial charge in [-0.25, -0.2) is 4.79 Å². The van der Waals surface area contributed by atoms with E-state index in [1.165, 1.54) is 12.3 Å². The van der Waals surface area contributed by atoms with Crippen molar-refractivity contribution >= 4 is 28.5 Å². The number of hydrogen-bond donors (Lipinski definition) is 1. The zero-order chi connectivity index (χ0) is 15.0. The Morgan fingerprint density at radius 1 is 1.38 bits per heavy atom.